The van der Waals surface area contributed by atoms with Gasteiger partial charge in [0.05, 0.1) is 12.5 Å². The van der Waals surface area contributed by atoms with Gasteiger partial charge < -0.3 is 31.9 Å². The van der Waals surface area contributed by atoms with Gasteiger partial charge in [-0.05, 0) is 24.3 Å². The van der Waals surface area contributed by atoms with Crippen LogP contribution in [0.25, 0.3) is 0 Å². The van der Waals surface area contributed by atoms with Gasteiger partial charge >= 0.3 is 11.9 Å². The van der Waals surface area contributed by atoms with Crippen LogP contribution in [0.2, 0.25) is 0 Å². The lowest BCUT2D eigenvalue weighted by molar-refractivity contribution is -0.143. The molecular weight excluding hydrogens is 436 g/mol. The molecule has 0 fully saturated rings. The Balaban J connectivity index is 5.40. The number of amides is 3. The van der Waals surface area contributed by atoms with Gasteiger partial charge in [-0.1, -0.05) is 13.8 Å². The summed E-state index contributed by atoms with van der Waals surface area (Å²) >= 11 is 5.25. The number of thiol groups is 1. The molecule has 4 unspecified atom stereocenters. The normalized spacial score (nSPS) is 14.9. The topological polar surface area (TPSA) is 188 Å². The van der Waals surface area contributed by atoms with Crippen LogP contribution in [0.4, 0.5) is 0 Å². The van der Waals surface area contributed by atoms with E-state index in [2.05, 4.69) is 28.6 Å². The van der Waals surface area contributed by atoms with Crippen LogP contribution in [0.5, 0.6) is 0 Å². The minimum absolute atomic E-state index is 0.172. The fourth-order valence-corrected chi connectivity index (χ4v) is 2.91. The van der Waals surface area contributed by atoms with Crippen molar-refractivity contribution in [1.29, 1.82) is 0 Å². The highest BCUT2D eigenvalue weighted by Crippen LogP contribution is 2.06. The monoisotopic (exact) mass is 466 g/mol. The number of rotatable bonds is 14. The molecule has 0 radical (unpaired) electrons. The third-order valence-electron chi connectivity index (χ3n) is 4.07. The van der Waals surface area contributed by atoms with Crippen molar-refractivity contribution in [1.82, 2.24) is 16.0 Å². The smallest absolute Gasteiger partial charge is 0.327 e. The Hall–Kier alpha value is -1.99. The van der Waals surface area contributed by atoms with Gasteiger partial charge in [-0.2, -0.15) is 24.4 Å². The van der Waals surface area contributed by atoms with Crippen molar-refractivity contribution < 1.29 is 34.2 Å². The summed E-state index contributed by atoms with van der Waals surface area (Å²) in [5, 5.41) is 25.0. The molecule has 0 aromatic carbocycles. The number of carboxylic acids is 2. The van der Waals surface area contributed by atoms with E-state index >= 15 is 0 Å². The molecule has 11 nitrogen and oxygen atoms in total. The molecule has 30 heavy (non-hydrogen) atoms. The minimum atomic E-state index is -1.54. The van der Waals surface area contributed by atoms with Crippen molar-refractivity contribution in [3.05, 3.63) is 0 Å². The number of carboxylic acid groups (broad SMARTS) is 2. The van der Waals surface area contributed by atoms with Crippen molar-refractivity contribution in [2.75, 3.05) is 17.8 Å². The molecule has 0 saturated heterocycles. The predicted molar refractivity (Wildman–Crippen MR) is 115 cm³/mol. The van der Waals surface area contributed by atoms with Crippen LogP contribution in [0.1, 0.15) is 26.7 Å². The number of hydrogen-bond donors (Lipinski definition) is 7. The summed E-state index contributed by atoms with van der Waals surface area (Å²) in [6, 6.07) is -4.78. The molecule has 13 heteroatoms. The SMILES string of the molecule is CSCCC(NC(=O)C(N)C(C)C)C(=O)NC(CC(=O)O)C(=O)NC(CS)C(=O)O. The number of nitrogens with two attached hydrogens (primary N) is 1. The number of aliphatic carboxylic acids is 2. The highest BCUT2D eigenvalue weighted by molar-refractivity contribution is 7.98. The lowest BCUT2D eigenvalue weighted by Gasteiger charge is -2.25. The maximum Gasteiger partial charge on any atom is 0.327 e. The summed E-state index contributed by atoms with van der Waals surface area (Å²) < 4.78 is 0. The quantitative estimate of drug-likeness (QED) is 0.152. The number of thioether (sulfide) groups is 1. The van der Waals surface area contributed by atoms with Gasteiger partial charge in [0.25, 0.3) is 0 Å². The molecule has 0 saturated carbocycles. The van der Waals surface area contributed by atoms with Gasteiger partial charge in [0.15, 0.2) is 0 Å². The van der Waals surface area contributed by atoms with E-state index in [1.54, 1.807) is 20.1 Å². The Morgan fingerprint density at radius 3 is 1.87 bits per heavy atom. The van der Waals surface area contributed by atoms with Crippen LogP contribution in [0.15, 0.2) is 0 Å². The molecule has 0 heterocycles. The minimum Gasteiger partial charge on any atom is -0.481 e. The van der Waals surface area contributed by atoms with Crippen LogP contribution >= 0.6 is 24.4 Å². The largest absolute Gasteiger partial charge is 0.481 e. The Morgan fingerprint density at radius 2 is 1.43 bits per heavy atom. The Bertz CT molecular complexity index is 633. The van der Waals surface area contributed by atoms with Crippen LogP contribution < -0.4 is 21.7 Å². The maximum atomic E-state index is 12.7. The van der Waals surface area contributed by atoms with Gasteiger partial charge in [0.1, 0.15) is 18.1 Å². The van der Waals surface area contributed by atoms with Crippen LogP contribution in [-0.4, -0.2) is 81.8 Å². The van der Waals surface area contributed by atoms with Crippen molar-refractivity contribution in [3.63, 3.8) is 0 Å². The lowest BCUT2D eigenvalue weighted by Crippen LogP contribution is -2.58. The van der Waals surface area contributed by atoms with Gasteiger partial charge in [-0.15, -0.1) is 0 Å². The summed E-state index contributed by atoms with van der Waals surface area (Å²) in [5.74, 6) is -4.93. The van der Waals surface area contributed by atoms with E-state index in [9.17, 15) is 24.0 Å². The second-order valence-corrected chi connectivity index (χ2v) is 8.20. The molecule has 0 rings (SSSR count). The van der Waals surface area contributed by atoms with E-state index in [-0.39, 0.29) is 18.1 Å². The summed E-state index contributed by atoms with van der Waals surface area (Å²) in [6.07, 6.45) is 1.26. The third kappa shape index (κ3) is 10.2. The Morgan fingerprint density at radius 1 is 0.933 bits per heavy atom. The average Bonchev–Trinajstić information content (AvgIpc) is 2.66. The zero-order valence-corrected chi connectivity index (χ0v) is 18.8. The van der Waals surface area contributed by atoms with Crippen molar-refractivity contribution in [2.24, 2.45) is 11.7 Å². The van der Waals surface area contributed by atoms with E-state index in [1.165, 1.54) is 11.8 Å². The summed E-state index contributed by atoms with van der Waals surface area (Å²) in [6.45, 7) is 3.49. The molecule has 0 spiro atoms. The van der Waals surface area contributed by atoms with Crippen LogP contribution in [-0.2, 0) is 24.0 Å². The van der Waals surface area contributed by atoms with Crippen molar-refractivity contribution in [2.45, 2.75) is 50.9 Å². The van der Waals surface area contributed by atoms with E-state index in [4.69, 9.17) is 15.9 Å². The summed E-state index contributed by atoms with van der Waals surface area (Å²) in [7, 11) is 0. The second kappa shape index (κ2) is 14.1. The molecule has 0 aromatic rings. The first-order chi connectivity index (χ1) is 13.9. The first kappa shape index (κ1) is 28.0. The maximum absolute atomic E-state index is 12.7. The summed E-state index contributed by atoms with van der Waals surface area (Å²) in [5.41, 5.74) is 5.80. The fraction of sp³-hybridized carbons (Fsp3) is 0.706. The zero-order chi connectivity index (χ0) is 23.4. The Kier molecular flexibility index (Phi) is 13.2. The van der Waals surface area contributed by atoms with Crippen molar-refractivity contribution >= 4 is 54.1 Å². The highest BCUT2D eigenvalue weighted by Gasteiger charge is 2.31. The van der Waals surface area contributed by atoms with Crippen LogP contribution in [0.3, 0.4) is 0 Å². The number of hydrogen-bond acceptors (Lipinski definition) is 8. The number of nitrogens with one attached hydrogen (secondary N) is 3. The van der Waals surface area contributed by atoms with Gasteiger partial charge in [0.2, 0.25) is 17.7 Å². The first-order valence-electron chi connectivity index (χ1n) is 9.15. The molecule has 0 aliphatic heterocycles. The zero-order valence-electron chi connectivity index (χ0n) is 17.1. The van der Waals surface area contributed by atoms with E-state index in [1.807, 2.05) is 0 Å². The predicted octanol–water partition coefficient (Wildman–Crippen LogP) is -1.33. The highest BCUT2D eigenvalue weighted by atomic mass is 32.2. The number of carbonyl (C=O) groups is 5. The molecule has 0 aliphatic carbocycles. The molecule has 7 N–H and O–H groups in total. The molecular formula is C17H30N4O7S2. The lowest BCUT2D eigenvalue weighted by atomic mass is 10.0. The van der Waals surface area contributed by atoms with E-state index in [0.29, 0.717) is 5.75 Å². The molecule has 4 atom stereocenters. The third-order valence-corrected chi connectivity index (χ3v) is 5.08. The molecule has 0 aromatic heterocycles. The first-order valence-corrected chi connectivity index (χ1v) is 11.2. The molecule has 0 aliphatic rings. The van der Waals surface area contributed by atoms with Crippen molar-refractivity contribution in [3.8, 4) is 0 Å². The van der Waals surface area contributed by atoms with Crippen LogP contribution in [0, 0.1) is 5.92 Å². The molecule has 0 bridgehead atoms. The fourth-order valence-electron chi connectivity index (χ4n) is 2.19. The number of carbonyl (C=O) groups excluding carboxylic acids is 3. The average molecular weight is 467 g/mol. The second-order valence-electron chi connectivity index (χ2n) is 6.85. The molecule has 172 valence electrons. The van der Waals surface area contributed by atoms with Gasteiger partial charge in [-0.3, -0.25) is 19.2 Å². The standard InChI is InChI=1S/C17H30N4O7S2/c1-8(2)13(18)16(26)19-9(4-5-30-3)14(24)20-10(6-12(22)23)15(25)21-11(7-29)17(27)28/h8-11,13,29H,4-7,18H2,1-3H3,(H,19,26)(H,20,24)(H,21,25)(H,22,23)(H,27,28). The Labute approximate surface area is 184 Å². The van der Waals surface area contributed by atoms with E-state index < -0.39 is 60.2 Å². The van der Waals surface area contributed by atoms with E-state index in [0.717, 1.165) is 0 Å². The molecule has 3 amide bonds. The van der Waals surface area contributed by atoms with Gasteiger partial charge in [-0.25, -0.2) is 4.79 Å². The summed E-state index contributed by atoms with van der Waals surface area (Å²) in [4.78, 5) is 59.5. The van der Waals surface area contributed by atoms with Gasteiger partial charge in [0, 0.05) is 5.75 Å².